The highest BCUT2D eigenvalue weighted by molar-refractivity contribution is 6.06. The van der Waals surface area contributed by atoms with Gasteiger partial charge in [0.1, 0.15) is 11.7 Å². The zero-order valence-electron chi connectivity index (χ0n) is 7.66. The SMILES string of the molecule is O=C(O)C1Cc2ccc(F)cc2NC1=O. The zero-order valence-corrected chi connectivity index (χ0v) is 7.66. The van der Waals surface area contributed by atoms with Gasteiger partial charge < -0.3 is 10.4 Å². The van der Waals surface area contributed by atoms with Crippen molar-refractivity contribution in [2.75, 3.05) is 5.32 Å². The Bertz CT molecular complexity index is 444. The molecule has 1 aliphatic rings. The highest BCUT2D eigenvalue weighted by atomic mass is 19.1. The molecule has 0 saturated carbocycles. The number of amides is 1. The third kappa shape index (κ3) is 1.68. The predicted octanol–water partition coefficient (Wildman–Crippen LogP) is 1.02. The van der Waals surface area contributed by atoms with Gasteiger partial charge in [-0.25, -0.2) is 4.39 Å². The van der Waals surface area contributed by atoms with Crippen molar-refractivity contribution in [3.05, 3.63) is 29.6 Å². The number of nitrogens with one attached hydrogen (secondary N) is 1. The van der Waals surface area contributed by atoms with Gasteiger partial charge in [-0.2, -0.15) is 0 Å². The number of hydrogen-bond acceptors (Lipinski definition) is 2. The van der Waals surface area contributed by atoms with Crippen LogP contribution >= 0.6 is 0 Å². The van der Waals surface area contributed by atoms with Crippen molar-refractivity contribution < 1.29 is 19.1 Å². The summed E-state index contributed by atoms with van der Waals surface area (Å²) in [7, 11) is 0. The molecule has 0 radical (unpaired) electrons. The van der Waals surface area contributed by atoms with Crippen LogP contribution in [0.1, 0.15) is 5.56 Å². The fourth-order valence-corrected chi connectivity index (χ4v) is 1.57. The molecule has 4 nitrogen and oxygen atoms in total. The maximum atomic E-state index is 12.8. The van der Waals surface area contributed by atoms with Crippen LogP contribution in [0.3, 0.4) is 0 Å². The Labute approximate surface area is 84.7 Å². The van der Waals surface area contributed by atoms with Crippen LogP contribution < -0.4 is 5.32 Å². The fraction of sp³-hybridized carbons (Fsp3) is 0.200. The molecule has 78 valence electrons. The molecule has 1 unspecified atom stereocenters. The summed E-state index contributed by atoms with van der Waals surface area (Å²) < 4.78 is 12.8. The molecule has 1 amide bonds. The molecule has 1 heterocycles. The number of carboxylic acid groups (broad SMARTS) is 1. The summed E-state index contributed by atoms with van der Waals surface area (Å²) in [6.45, 7) is 0. The molecule has 2 rings (SSSR count). The van der Waals surface area contributed by atoms with Crippen molar-refractivity contribution in [1.29, 1.82) is 0 Å². The number of hydrogen-bond donors (Lipinski definition) is 2. The average molecular weight is 209 g/mol. The van der Waals surface area contributed by atoms with Gasteiger partial charge >= 0.3 is 5.97 Å². The first-order valence-corrected chi connectivity index (χ1v) is 4.40. The van der Waals surface area contributed by atoms with E-state index in [1.807, 2.05) is 0 Å². The van der Waals surface area contributed by atoms with Gasteiger partial charge in [0.2, 0.25) is 5.91 Å². The Balaban J connectivity index is 2.38. The van der Waals surface area contributed by atoms with Crippen LogP contribution in [-0.4, -0.2) is 17.0 Å². The molecular formula is C10H8FNO3. The lowest BCUT2D eigenvalue weighted by Gasteiger charge is -2.21. The second-order valence-electron chi connectivity index (χ2n) is 3.39. The van der Waals surface area contributed by atoms with Crippen molar-refractivity contribution in [2.24, 2.45) is 5.92 Å². The molecule has 0 spiro atoms. The first-order chi connectivity index (χ1) is 7.08. The molecule has 1 aromatic rings. The Morgan fingerprint density at radius 3 is 2.93 bits per heavy atom. The quantitative estimate of drug-likeness (QED) is 0.678. The first kappa shape index (κ1) is 9.64. The Kier molecular flexibility index (Phi) is 2.15. The number of benzene rings is 1. The molecular weight excluding hydrogens is 201 g/mol. The van der Waals surface area contributed by atoms with Crippen molar-refractivity contribution in [3.63, 3.8) is 0 Å². The minimum absolute atomic E-state index is 0.108. The Hall–Kier alpha value is -1.91. The number of fused-ring (bicyclic) bond motifs is 1. The van der Waals surface area contributed by atoms with Gasteiger partial charge in [0.15, 0.2) is 0 Å². The van der Waals surface area contributed by atoms with Gasteiger partial charge in [0.25, 0.3) is 0 Å². The van der Waals surface area contributed by atoms with Crippen LogP contribution in [0.2, 0.25) is 0 Å². The summed E-state index contributed by atoms with van der Waals surface area (Å²) in [4.78, 5) is 22.0. The standard InChI is InChI=1S/C10H8FNO3/c11-6-2-1-5-3-7(10(14)15)9(13)12-8(5)4-6/h1-2,4,7H,3H2,(H,12,13)(H,14,15). The van der Waals surface area contributed by atoms with E-state index in [1.165, 1.54) is 18.2 Å². The number of rotatable bonds is 1. The van der Waals surface area contributed by atoms with E-state index in [-0.39, 0.29) is 6.42 Å². The monoisotopic (exact) mass is 209 g/mol. The summed E-state index contributed by atoms with van der Waals surface area (Å²) in [5.74, 6) is -3.30. The predicted molar refractivity (Wildman–Crippen MR) is 49.9 cm³/mol. The maximum absolute atomic E-state index is 12.8. The molecule has 15 heavy (non-hydrogen) atoms. The normalized spacial score (nSPS) is 19.3. The summed E-state index contributed by atoms with van der Waals surface area (Å²) >= 11 is 0. The van der Waals surface area contributed by atoms with E-state index in [0.717, 1.165) is 0 Å². The number of carbonyl (C=O) groups excluding carboxylic acids is 1. The van der Waals surface area contributed by atoms with Gasteiger partial charge in [-0.3, -0.25) is 9.59 Å². The third-order valence-corrected chi connectivity index (χ3v) is 2.37. The van der Waals surface area contributed by atoms with Gasteiger partial charge in [-0.1, -0.05) is 6.07 Å². The van der Waals surface area contributed by atoms with E-state index in [2.05, 4.69) is 5.32 Å². The smallest absolute Gasteiger partial charge is 0.316 e. The molecule has 0 fully saturated rings. The minimum Gasteiger partial charge on any atom is -0.481 e. The molecule has 0 aliphatic carbocycles. The van der Waals surface area contributed by atoms with Gasteiger partial charge in [-0.05, 0) is 24.1 Å². The lowest BCUT2D eigenvalue weighted by atomic mass is 9.93. The van der Waals surface area contributed by atoms with Crippen molar-refractivity contribution in [2.45, 2.75) is 6.42 Å². The number of aliphatic carboxylic acids is 1. The summed E-state index contributed by atoms with van der Waals surface area (Å²) in [5, 5.41) is 11.1. The van der Waals surface area contributed by atoms with Gasteiger partial charge in [-0.15, -0.1) is 0 Å². The van der Waals surface area contributed by atoms with E-state index < -0.39 is 23.6 Å². The topological polar surface area (TPSA) is 66.4 Å². The second-order valence-corrected chi connectivity index (χ2v) is 3.39. The van der Waals surface area contributed by atoms with E-state index in [9.17, 15) is 14.0 Å². The van der Waals surface area contributed by atoms with E-state index in [0.29, 0.717) is 11.3 Å². The summed E-state index contributed by atoms with van der Waals surface area (Å²) in [6.07, 6.45) is 0.108. The van der Waals surface area contributed by atoms with Crippen LogP contribution in [0.25, 0.3) is 0 Å². The molecule has 2 N–H and O–H groups in total. The molecule has 0 aromatic heterocycles. The summed E-state index contributed by atoms with van der Waals surface area (Å²) in [5.41, 5.74) is 1.00. The molecule has 1 aliphatic heterocycles. The molecule has 0 bridgehead atoms. The highest BCUT2D eigenvalue weighted by Gasteiger charge is 2.31. The Morgan fingerprint density at radius 1 is 1.53 bits per heavy atom. The zero-order chi connectivity index (χ0) is 11.0. The second kappa shape index (κ2) is 3.34. The van der Waals surface area contributed by atoms with Gasteiger partial charge in [0, 0.05) is 5.69 Å². The highest BCUT2D eigenvalue weighted by Crippen LogP contribution is 2.26. The van der Waals surface area contributed by atoms with Crippen molar-refractivity contribution in [3.8, 4) is 0 Å². The number of carbonyl (C=O) groups is 2. The average Bonchev–Trinajstić information content (AvgIpc) is 2.15. The molecule has 1 atom stereocenters. The van der Waals surface area contributed by atoms with Crippen LogP contribution in [0.4, 0.5) is 10.1 Å². The molecule has 0 saturated heterocycles. The minimum atomic E-state index is -1.16. The Morgan fingerprint density at radius 2 is 2.27 bits per heavy atom. The summed E-state index contributed by atoms with van der Waals surface area (Å²) in [6, 6.07) is 3.92. The number of anilines is 1. The third-order valence-electron chi connectivity index (χ3n) is 2.37. The van der Waals surface area contributed by atoms with Crippen LogP contribution in [-0.2, 0) is 16.0 Å². The van der Waals surface area contributed by atoms with E-state index >= 15 is 0 Å². The van der Waals surface area contributed by atoms with Crippen LogP contribution in [0.15, 0.2) is 18.2 Å². The van der Waals surface area contributed by atoms with E-state index in [1.54, 1.807) is 0 Å². The number of halogens is 1. The van der Waals surface area contributed by atoms with Gasteiger partial charge in [0.05, 0.1) is 0 Å². The first-order valence-electron chi connectivity index (χ1n) is 4.40. The lowest BCUT2D eigenvalue weighted by molar-refractivity contribution is -0.145. The van der Waals surface area contributed by atoms with Crippen molar-refractivity contribution in [1.82, 2.24) is 0 Å². The van der Waals surface area contributed by atoms with Crippen LogP contribution in [0.5, 0.6) is 0 Å². The number of carboxylic acids is 1. The van der Waals surface area contributed by atoms with Crippen LogP contribution in [0, 0.1) is 11.7 Å². The lowest BCUT2D eigenvalue weighted by Crippen LogP contribution is -2.35. The fourth-order valence-electron chi connectivity index (χ4n) is 1.57. The van der Waals surface area contributed by atoms with E-state index in [4.69, 9.17) is 5.11 Å². The largest absolute Gasteiger partial charge is 0.481 e. The maximum Gasteiger partial charge on any atom is 0.316 e. The van der Waals surface area contributed by atoms with Crippen molar-refractivity contribution >= 4 is 17.6 Å². The molecule has 5 heteroatoms. The molecule has 1 aromatic carbocycles.